The molecule has 0 aromatic heterocycles. The molecule has 0 aliphatic rings. The van der Waals surface area contributed by atoms with Crippen molar-refractivity contribution in [3.8, 4) is 0 Å². The van der Waals surface area contributed by atoms with Crippen molar-refractivity contribution in [1.82, 2.24) is 4.90 Å². The molecule has 1 N–H and O–H groups in total. The Balaban J connectivity index is 2.75. The van der Waals surface area contributed by atoms with Gasteiger partial charge in [-0.15, -0.1) is 0 Å². The third-order valence-electron chi connectivity index (χ3n) is 3.49. The van der Waals surface area contributed by atoms with Gasteiger partial charge in [-0.1, -0.05) is 37.3 Å². The second-order valence-corrected chi connectivity index (χ2v) is 5.08. The number of carbonyl (C=O) groups is 2. The van der Waals surface area contributed by atoms with Gasteiger partial charge in [-0.25, -0.2) is 0 Å². The van der Waals surface area contributed by atoms with Crippen molar-refractivity contribution in [2.24, 2.45) is 0 Å². The number of esters is 1. The fraction of sp³-hybridized carbons (Fsp3) is 0.444. The highest BCUT2D eigenvalue weighted by molar-refractivity contribution is 5.92. The molecule has 0 spiro atoms. The summed E-state index contributed by atoms with van der Waals surface area (Å²) in [6, 6.07) is 9.18. The number of aliphatic hydroxyl groups is 1. The fourth-order valence-corrected chi connectivity index (χ4v) is 2.19. The fourth-order valence-electron chi connectivity index (χ4n) is 2.19. The summed E-state index contributed by atoms with van der Waals surface area (Å²) in [4.78, 5) is 25.5. The molecule has 0 heterocycles. The Morgan fingerprint density at radius 3 is 2.52 bits per heavy atom. The molecule has 0 saturated heterocycles. The summed E-state index contributed by atoms with van der Waals surface area (Å²) in [5.41, 5.74) is 0.920. The number of carbonyl (C=O) groups excluding carboxylic acids is 2. The summed E-state index contributed by atoms with van der Waals surface area (Å²) in [7, 11) is 0. The van der Waals surface area contributed by atoms with Gasteiger partial charge in [0.25, 0.3) is 0 Å². The minimum absolute atomic E-state index is 0.120. The van der Waals surface area contributed by atoms with Crippen molar-refractivity contribution in [2.45, 2.75) is 32.7 Å². The standard InChI is InChI=1S/C18H25NO4/c1-3-16(14-20)19(13-12-18(22)23-4-2)17(21)11-10-15-8-6-5-7-9-15/h5-11,16,20H,3-4,12-14H2,1-2H3/b11-10+. The van der Waals surface area contributed by atoms with Crippen LogP contribution >= 0.6 is 0 Å². The Morgan fingerprint density at radius 2 is 1.96 bits per heavy atom. The summed E-state index contributed by atoms with van der Waals surface area (Å²) in [5.74, 6) is -0.566. The first kappa shape index (κ1) is 18.9. The average Bonchev–Trinajstić information content (AvgIpc) is 2.57. The van der Waals surface area contributed by atoms with Crippen LogP contribution in [0.5, 0.6) is 0 Å². The molecule has 1 atom stereocenters. The van der Waals surface area contributed by atoms with Crippen LogP contribution in [-0.4, -0.2) is 47.7 Å². The molecule has 23 heavy (non-hydrogen) atoms. The maximum absolute atomic E-state index is 12.4. The molecule has 0 bridgehead atoms. The van der Waals surface area contributed by atoms with Gasteiger partial charge >= 0.3 is 5.97 Å². The van der Waals surface area contributed by atoms with E-state index in [0.29, 0.717) is 13.0 Å². The van der Waals surface area contributed by atoms with Crippen LogP contribution in [0.25, 0.3) is 6.08 Å². The summed E-state index contributed by atoms with van der Waals surface area (Å²) in [5, 5.41) is 9.47. The summed E-state index contributed by atoms with van der Waals surface area (Å²) >= 11 is 0. The third-order valence-corrected chi connectivity index (χ3v) is 3.49. The van der Waals surface area contributed by atoms with E-state index in [2.05, 4.69) is 0 Å². The van der Waals surface area contributed by atoms with Crippen LogP contribution in [0, 0.1) is 0 Å². The van der Waals surface area contributed by atoms with Crippen LogP contribution in [0.2, 0.25) is 0 Å². The van der Waals surface area contributed by atoms with Crippen molar-refractivity contribution in [1.29, 1.82) is 0 Å². The van der Waals surface area contributed by atoms with Gasteiger partial charge in [0, 0.05) is 12.6 Å². The minimum Gasteiger partial charge on any atom is -0.466 e. The van der Waals surface area contributed by atoms with Crippen molar-refractivity contribution in [3.05, 3.63) is 42.0 Å². The molecule has 1 unspecified atom stereocenters. The molecule has 5 heteroatoms. The van der Waals surface area contributed by atoms with Gasteiger partial charge in [-0.2, -0.15) is 0 Å². The number of hydrogen-bond donors (Lipinski definition) is 1. The van der Waals surface area contributed by atoms with E-state index in [-0.39, 0.29) is 37.5 Å². The van der Waals surface area contributed by atoms with Crippen LogP contribution in [0.3, 0.4) is 0 Å². The Morgan fingerprint density at radius 1 is 1.26 bits per heavy atom. The first-order valence-corrected chi connectivity index (χ1v) is 7.92. The molecule has 0 radical (unpaired) electrons. The number of amides is 1. The Hall–Kier alpha value is -2.14. The van der Waals surface area contributed by atoms with E-state index in [0.717, 1.165) is 5.56 Å². The van der Waals surface area contributed by atoms with Gasteiger partial charge in [-0.05, 0) is 25.0 Å². The zero-order valence-corrected chi connectivity index (χ0v) is 13.8. The highest BCUT2D eigenvalue weighted by atomic mass is 16.5. The Labute approximate surface area is 137 Å². The normalized spacial score (nSPS) is 12.1. The van der Waals surface area contributed by atoms with Crippen LogP contribution in [-0.2, 0) is 14.3 Å². The summed E-state index contributed by atoms with van der Waals surface area (Å²) < 4.78 is 4.89. The van der Waals surface area contributed by atoms with Crippen LogP contribution in [0.1, 0.15) is 32.3 Å². The first-order valence-electron chi connectivity index (χ1n) is 7.92. The lowest BCUT2D eigenvalue weighted by molar-refractivity contribution is -0.144. The number of benzene rings is 1. The van der Waals surface area contributed by atoms with E-state index in [4.69, 9.17) is 4.74 Å². The van der Waals surface area contributed by atoms with Crippen LogP contribution in [0.4, 0.5) is 0 Å². The number of hydrogen-bond acceptors (Lipinski definition) is 4. The smallest absolute Gasteiger partial charge is 0.307 e. The first-order chi connectivity index (χ1) is 11.1. The molecule has 0 aliphatic heterocycles. The van der Waals surface area contributed by atoms with Crippen LogP contribution in [0.15, 0.2) is 36.4 Å². The number of rotatable bonds is 9. The lowest BCUT2D eigenvalue weighted by Crippen LogP contribution is -2.42. The highest BCUT2D eigenvalue weighted by Crippen LogP contribution is 2.09. The maximum atomic E-state index is 12.4. The molecule has 0 aliphatic carbocycles. The second kappa shape index (κ2) is 10.6. The van der Waals surface area contributed by atoms with E-state index >= 15 is 0 Å². The van der Waals surface area contributed by atoms with Crippen LogP contribution < -0.4 is 0 Å². The van der Waals surface area contributed by atoms with Crippen molar-refractivity contribution in [3.63, 3.8) is 0 Å². The molecule has 126 valence electrons. The number of ether oxygens (including phenoxy) is 1. The molecule has 5 nitrogen and oxygen atoms in total. The van der Waals surface area contributed by atoms with E-state index in [1.807, 2.05) is 37.3 Å². The molecular formula is C18H25NO4. The van der Waals surface area contributed by atoms with E-state index in [1.54, 1.807) is 13.0 Å². The molecule has 0 saturated carbocycles. The van der Waals surface area contributed by atoms with E-state index in [1.165, 1.54) is 11.0 Å². The Kier molecular flexibility index (Phi) is 8.68. The molecular weight excluding hydrogens is 294 g/mol. The third kappa shape index (κ3) is 6.65. The molecule has 0 fully saturated rings. The maximum Gasteiger partial charge on any atom is 0.307 e. The van der Waals surface area contributed by atoms with Gasteiger partial charge in [0.05, 0.1) is 25.7 Å². The predicted octanol–water partition coefficient (Wildman–Crippen LogP) is 2.25. The van der Waals surface area contributed by atoms with Gasteiger partial charge in [-0.3, -0.25) is 9.59 Å². The SMILES string of the molecule is CCOC(=O)CCN(C(=O)/C=C/c1ccccc1)C(CC)CO. The lowest BCUT2D eigenvalue weighted by atomic mass is 10.1. The van der Waals surface area contributed by atoms with Gasteiger partial charge in [0.15, 0.2) is 0 Å². The average molecular weight is 319 g/mol. The zero-order valence-electron chi connectivity index (χ0n) is 13.8. The van der Waals surface area contributed by atoms with Gasteiger partial charge in [0.2, 0.25) is 5.91 Å². The van der Waals surface area contributed by atoms with Crippen molar-refractivity contribution < 1.29 is 19.4 Å². The molecule has 1 rings (SSSR count). The van der Waals surface area contributed by atoms with Crippen molar-refractivity contribution >= 4 is 18.0 Å². The topological polar surface area (TPSA) is 66.8 Å². The summed E-state index contributed by atoms with van der Waals surface area (Å²) in [6.45, 7) is 4.05. The largest absolute Gasteiger partial charge is 0.466 e. The highest BCUT2D eigenvalue weighted by Gasteiger charge is 2.21. The van der Waals surface area contributed by atoms with Gasteiger partial charge < -0.3 is 14.7 Å². The van der Waals surface area contributed by atoms with Gasteiger partial charge in [0.1, 0.15) is 0 Å². The van der Waals surface area contributed by atoms with Crippen molar-refractivity contribution in [2.75, 3.05) is 19.8 Å². The summed E-state index contributed by atoms with van der Waals surface area (Å²) in [6.07, 6.45) is 3.93. The minimum atomic E-state index is -0.342. The molecule has 1 amide bonds. The quantitative estimate of drug-likeness (QED) is 0.560. The van der Waals surface area contributed by atoms with E-state index < -0.39 is 0 Å². The number of nitrogens with zero attached hydrogens (tertiary/aromatic N) is 1. The second-order valence-electron chi connectivity index (χ2n) is 5.08. The zero-order chi connectivity index (χ0) is 17.1. The monoisotopic (exact) mass is 319 g/mol. The van der Waals surface area contributed by atoms with E-state index in [9.17, 15) is 14.7 Å². The molecule has 1 aromatic carbocycles. The molecule has 1 aromatic rings. The number of aliphatic hydroxyl groups excluding tert-OH is 1. The predicted molar refractivity (Wildman–Crippen MR) is 89.6 cm³/mol. The lowest BCUT2D eigenvalue weighted by Gasteiger charge is -2.28. The Bertz CT molecular complexity index is 509.